The molecule has 0 spiro atoms. The minimum atomic E-state index is -4.32. The Hall–Kier alpha value is -0.710. The molecule has 0 aliphatic heterocycles. The van der Waals surface area contributed by atoms with Crippen LogP contribution in [0.1, 0.15) is 30.2 Å². The Morgan fingerprint density at radius 1 is 1.38 bits per heavy atom. The van der Waals surface area contributed by atoms with Gasteiger partial charge >= 0.3 is 6.18 Å². The smallest absolute Gasteiger partial charge is 0.397 e. The van der Waals surface area contributed by atoms with Crippen LogP contribution in [0.4, 0.5) is 18.9 Å². The fraction of sp³-hybridized carbons (Fsp3) is 0.500. The number of hydrogen-bond donors (Lipinski definition) is 1. The molecule has 2 N–H and O–H groups in total. The summed E-state index contributed by atoms with van der Waals surface area (Å²) in [7, 11) is 0. The van der Waals surface area contributed by atoms with Crippen molar-refractivity contribution in [1.29, 1.82) is 0 Å². The third-order valence-electron chi connectivity index (χ3n) is 1.74. The summed E-state index contributed by atoms with van der Waals surface area (Å²) < 4.78 is 36.8. The molecule has 0 unspecified atom stereocenters. The summed E-state index contributed by atoms with van der Waals surface area (Å²) in [6.07, 6.45) is -4.32. The summed E-state index contributed by atoms with van der Waals surface area (Å²) in [5.74, 6) is 0.0346. The van der Waals surface area contributed by atoms with Crippen molar-refractivity contribution in [2.75, 3.05) is 5.73 Å². The van der Waals surface area contributed by atoms with Crippen molar-refractivity contribution in [2.45, 2.75) is 25.9 Å². The first-order chi connectivity index (χ1) is 5.84. The van der Waals surface area contributed by atoms with Crippen LogP contribution in [-0.2, 0) is 6.18 Å². The molecular weight excluding hydrogens is 199 g/mol. The third-order valence-corrected chi connectivity index (χ3v) is 2.80. The van der Waals surface area contributed by atoms with Crippen molar-refractivity contribution in [1.82, 2.24) is 0 Å². The molecule has 13 heavy (non-hydrogen) atoms. The van der Waals surface area contributed by atoms with E-state index in [1.807, 2.05) is 13.8 Å². The van der Waals surface area contributed by atoms with Gasteiger partial charge in [-0.1, -0.05) is 13.8 Å². The first-order valence-corrected chi connectivity index (χ1v) is 4.66. The largest absolute Gasteiger partial charge is 0.427 e. The fourth-order valence-corrected chi connectivity index (χ4v) is 2.07. The highest BCUT2D eigenvalue weighted by Gasteiger charge is 2.35. The quantitative estimate of drug-likeness (QED) is 0.753. The number of halogens is 3. The molecule has 74 valence electrons. The van der Waals surface area contributed by atoms with Crippen molar-refractivity contribution in [3.8, 4) is 0 Å². The Labute approximate surface area is 78.4 Å². The predicted octanol–water partition coefficient (Wildman–Crippen LogP) is 3.47. The highest BCUT2D eigenvalue weighted by atomic mass is 32.1. The van der Waals surface area contributed by atoms with Crippen LogP contribution in [0.25, 0.3) is 0 Å². The molecule has 1 heterocycles. The lowest BCUT2D eigenvalue weighted by molar-refractivity contribution is -0.133. The highest BCUT2D eigenvalue weighted by molar-refractivity contribution is 7.10. The number of hydrogen-bond acceptors (Lipinski definition) is 2. The van der Waals surface area contributed by atoms with E-state index in [1.54, 1.807) is 0 Å². The van der Waals surface area contributed by atoms with E-state index in [9.17, 15) is 13.2 Å². The zero-order valence-corrected chi connectivity index (χ0v) is 8.09. The molecule has 0 atom stereocenters. The fourth-order valence-electron chi connectivity index (χ4n) is 1.05. The summed E-state index contributed by atoms with van der Waals surface area (Å²) >= 11 is 0.661. The highest BCUT2D eigenvalue weighted by Crippen LogP contribution is 2.41. The molecule has 0 saturated heterocycles. The van der Waals surface area contributed by atoms with E-state index < -0.39 is 11.1 Å². The van der Waals surface area contributed by atoms with Crippen LogP contribution in [0, 0.1) is 0 Å². The Morgan fingerprint density at radius 2 is 1.92 bits per heavy atom. The first-order valence-electron chi connectivity index (χ1n) is 3.78. The van der Waals surface area contributed by atoms with E-state index in [4.69, 9.17) is 5.73 Å². The molecule has 0 amide bonds. The second-order valence-electron chi connectivity index (χ2n) is 3.09. The summed E-state index contributed by atoms with van der Waals surface area (Å²) in [5.41, 5.74) is 5.84. The Bertz CT molecular complexity index is 301. The Kier molecular flexibility index (Phi) is 2.56. The van der Waals surface area contributed by atoms with Gasteiger partial charge in [-0.15, -0.1) is 11.3 Å². The Morgan fingerprint density at radius 3 is 2.15 bits per heavy atom. The van der Waals surface area contributed by atoms with Crippen LogP contribution < -0.4 is 5.73 Å². The lowest BCUT2D eigenvalue weighted by atomic mass is 10.1. The molecule has 0 aromatic carbocycles. The lowest BCUT2D eigenvalue weighted by Gasteiger charge is -2.07. The second-order valence-corrected chi connectivity index (χ2v) is 3.97. The van der Waals surface area contributed by atoms with Gasteiger partial charge in [0.05, 0.1) is 5.69 Å². The molecule has 1 rings (SSSR count). The van der Waals surface area contributed by atoms with Gasteiger partial charge in [0, 0.05) is 0 Å². The number of alkyl halides is 3. The lowest BCUT2D eigenvalue weighted by Crippen LogP contribution is -2.06. The molecule has 5 heteroatoms. The van der Waals surface area contributed by atoms with Gasteiger partial charge in [-0.05, 0) is 16.9 Å². The monoisotopic (exact) mass is 209 g/mol. The molecule has 0 fully saturated rings. The third kappa shape index (κ3) is 1.96. The van der Waals surface area contributed by atoms with Gasteiger partial charge in [-0.25, -0.2) is 0 Å². The standard InChI is InChI=1S/C8H10F3NS/c1-4(2)5-3-13-7(6(5)12)8(9,10)11/h3-4H,12H2,1-2H3. The SMILES string of the molecule is CC(C)c1csc(C(F)(F)F)c1N. The van der Waals surface area contributed by atoms with E-state index in [1.165, 1.54) is 5.38 Å². The van der Waals surface area contributed by atoms with Crippen LogP contribution in [-0.4, -0.2) is 0 Å². The normalized spacial score (nSPS) is 12.5. The summed E-state index contributed by atoms with van der Waals surface area (Å²) in [6.45, 7) is 3.64. The molecule has 0 aliphatic carbocycles. The van der Waals surface area contributed by atoms with Gasteiger partial charge in [-0.3, -0.25) is 0 Å². The van der Waals surface area contributed by atoms with Crippen molar-refractivity contribution in [3.05, 3.63) is 15.8 Å². The van der Waals surface area contributed by atoms with Crippen LogP contribution in [0.3, 0.4) is 0 Å². The maximum absolute atomic E-state index is 12.3. The number of nitrogens with two attached hydrogens (primary N) is 1. The Balaban J connectivity index is 3.14. The molecule has 0 radical (unpaired) electrons. The summed E-state index contributed by atoms with van der Waals surface area (Å²) in [5, 5.41) is 1.48. The van der Waals surface area contributed by atoms with Crippen LogP contribution in [0.15, 0.2) is 5.38 Å². The van der Waals surface area contributed by atoms with Gasteiger partial charge in [-0.2, -0.15) is 13.2 Å². The molecule has 0 bridgehead atoms. The predicted molar refractivity (Wildman–Crippen MR) is 47.8 cm³/mol. The van der Waals surface area contributed by atoms with E-state index in [0.29, 0.717) is 16.9 Å². The average Bonchev–Trinajstić information content (AvgIpc) is 2.28. The maximum Gasteiger partial charge on any atom is 0.427 e. The summed E-state index contributed by atoms with van der Waals surface area (Å²) in [4.78, 5) is -0.684. The van der Waals surface area contributed by atoms with E-state index in [0.717, 1.165) is 0 Å². The van der Waals surface area contributed by atoms with Crippen LogP contribution >= 0.6 is 11.3 Å². The zero-order valence-electron chi connectivity index (χ0n) is 7.27. The molecule has 1 aromatic heterocycles. The minimum Gasteiger partial charge on any atom is -0.397 e. The van der Waals surface area contributed by atoms with Crippen LogP contribution in [0.5, 0.6) is 0 Å². The number of nitrogen functional groups attached to an aromatic ring is 1. The number of anilines is 1. The van der Waals surface area contributed by atoms with Crippen molar-refractivity contribution in [3.63, 3.8) is 0 Å². The second kappa shape index (κ2) is 3.21. The molecular formula is C8H10F3NS. The van der Waals surface area contributed by atoms with Gasteiger partial charge < -0.3 is 5.73 Å². The zero-order chi connectivity index (χ0) is 10.2. The molecule has 1 aromatic rings. The minimum absolute atomic E-state index is 0.0346. The van der Waals surface area contributed by atoms with E-state index in [-0.39, 0.29) is 11.6 Å². The van der Waals surface area contributed by atoms with E-state index in [2.05, 4.69) is 0 Å². The molecule has 0 aliphatic rings. The number of thiophene rings is 1. The maximum atomic E-state index is 12.3. The average molecular weight is 209 g/mol. The molecule has 1 nitrogen and oxygen atoms in total. The van der Waals surface area contributed by atoms with Gasteiger partial charge in [0.25, 0.3) is 0 Å². The van der Waals surface area contributed by atoms with Crippen molar-refractivity contribution >= 4 is 17.0 Å². The van der Waals surface area contributed by atoms with Gasteiger partial charge in [0.2, 0.25) is 0 Å². The van der Waals surface area contributed by atoms with Crippen LogP contribution in [0.2, 0.25) is 0 Å². The van der Waals surface area contributed by atoms with Gasteiger partial charge in [0.1, 0.15) is 4.88 Å². The van der Waals surface area contributed by atoms with Gasteiger partial charge in [0.15, 0.2) is 0 Å². The first kappa shape index (κ1) is 10.4. The molecule has 0 saturated carbocycles. The topological polar surface area (TPSA) is 26.0 Å². The van der Waals surface area contributed by atoms with Crippen molar-refractivity contribution < 1.29 is 13.2 Å². The van der Waals surface area contributed by atoms with E-state index >= 15 is 0 Å². The summed E-state index contributed by atoms with van der Waals surface area (Å²) in [6, 6.07) is 0. The van der Waals surface area contributed by atoms with Crippen molar-refractivity contribution in [2.24, 2.45) is 0 Å². The number of rotatable bonds is 1.